The van der Waals surface area contributed by atoms with Gasteiger partial charge in [0.2, 0.25) is 0 Å². The number of aliphatic carboxylic acids is 1. The standard InChI is InChI=1S/C7H7NO4/c1-12-4-2-5(9)6(7(10)11)8-3-4/h3H,2H2,1H3,(H,10,11). The van der Waals surface area contributed by atoms with E-state index in [2.05, 4.69) is 4.99 Å². The molecule has 0 spiro atoms. The van der Waals surface area contributed by atoms with Crippen LogP contribution in [-0.2, 0) is 14.3 Å². The Morgan fingerprint density at radius 2 is 2.42 bits per heavy atom. The van der Waals surface area contributed by atoms with Crippen molar-refractivity contribution in [2.75, 3.05) is 7.11 Å². The van der Waals surface area contributed by atoms with Gasteiger partial charge in [-0.05, 0) is 0 Å². The third-order valence-corrected chi connectivity index (χ3v) is 1.40. The van der Waals surface area contributed by atoms with Gasteiger partial charge in [0.25, 0.3) is 0 Å². The van der Waals surface area contributed by atoms with E-state index in [0.29, 0.717) is 5.76 Å². The third kappa shape index (κ3) is 1.50. The van der Waals surface area contributed by atoms with Crippen LogP contribution in [0.4, 0.5) is 0 Å². The molecule has 0 bridgehead atoms. The van der Waals surface area contributed by atoms with E-state index in [1.807, 2.05) is 0 Å². The van der Waals surface area contributed by atoms with Crippen molar-refractivity contribution >= 4 is 17.5 Å². The number of rotatable bonds is 2. The summed E-state index contributed by atoms with van der Waals surface area (Å²) in [5.74, 6) is -1.45. The van der Waals surface area contributed by atoms with Crippen LogP contribution in [0.1, 0.15) is 6.42 Å². The van der Waals surface area contributed by atoms with Gasteiger partial charge in [0.15, 0.2) is 11.5 Å². The van der Waals surface area contributed by atoms with E-state index >= 15 is 0 Å². The molecule has 1 heterocycles. The maximum absolute atomic E-state index is 11.0. The number of carboxylic acid groups (broad SMARTS) is 1. The van der Waals surface area contributed by atoms with E-state index in [9.17, 15) is 9.59 Å². The minimum Gasteiger partial charge on any atom is -0.499 e. The number of allylic oxidation sites excluding steroid dienone is 1. The predicted octanol–water partition coefficient (Wildman–Crippen LogP) is -0.0274. The quantitative estimate of drug-likeness (QED) is 0.629. The summed E-state index contributed by atoms with van der Waals surface area (Å²) in [5.41, 5.74) is -0.434. The van der Waals surface area contributed by atoms with Crippen molar-refractivity contribution in [2.45, 2.75) is 6.42 Å². The molecule has 0 saturated heterocycles. The van der Waals surface area contributed by atoms with Crippen molar-refractivity contribution in [3.63, 3.8) is 0 Å². The molecule has 64 valence electrons. The van der Waals surface area contributed by atoms with Crippen molar-refractivity contribution in [1.82, 2.24) is 0 Å². The fraction of sp³-hybridized carbons (Fsp3) is 0.286. The summed E-state index contributed by atoms with van der Waals surface area (Å²) in [5, 5.41) is 8.45. The topological polar surface area (TPSA) is 76.0 Å². The second-order valence-corrected chi connectivity index (χ2v) is 2.18. The van der Waals surface area contributed by atoms with Gasteiger partial charge in [-0.1, -0.05) is 0 Å². The summed E-state index contributed by atoms with van der Waals surface area (Å²) in [7, 11) is 1.40. The second kappa shape index (κ2) is 3.17. The van der Waals surface area contributed by atoms with Gasteiger partial charge in [-0.15, -0.1) is 0 Å². The lowest BCUT2D eigenvalue weighted by molar-refractivity contribution is -0.130. The molecule has 0 amide bonds. The van der Waals surface area contributed by atoms with Gasteiger partial charge < -0.3 is 9.84 Å². The number of hydrogen-bond donors (Lipinski definition) is 1. The van der Waals surface area contributed by atoms with Gasteiger partial charge in [-0.2, -0.15) is 0 Å². The Hall–Kier alpha value is -1.65. The molecule has 0 radical (unpaired) electrons. The van der Waals surface area contributed by atoms with Crippen LogP contribution in [0.3, 0.4) is 0 Å². The van der Waals surface area contributed by atoms with E-state index < -0.39 is 17.5 Å². The molecular weight excluding hydrogens is 162 g/mol. The summed E-state index contributed by atoms with van der Waals surface area (Å²) < 4.78 is 4.73. The molecule has 1 N–H and O–H groups in total. The van der Waals surface area contributed by atoms with Crippen molar-refractivity contribution < 1.29 is 19.4 Å². The molecule has 5 heteroatoms. The average Bonchev–Trinajstić information content (AvgIpc) is 2.03. The minimum absolute atomic E-state index is 0.0262. The van der Waals surface area contributed by atoms with Crippen LogP contribution >= 0.6 is 0 Å². The Balaban J connectivity index is 2.91. The average molecular weight is 169 g/mol. The molecule has 0 saturated carbocycles. The fourth-order valence-corrected chi connectivity index (χ4v) is 0.796. The predicted molar refractivity (Wildman–Crippen MR) is 39.8 cm³/mol. The van der Waals surface area contributed by atoms with Crippen LogP contribution in [0.25, 0.3) is 0 Å². The molecule has 0 aromatic rings. The molecule has 0 unspecified atom stereocenters. The van der Waals surface area contributed by atoms with Crippen LogP contribution in [0.5, 0.6) is 0 Å². The van der Waals surface area contributed by atoms with Gasteiger partial charge in [0.1, 0.15) is 5.76 Å². The first-order valence-electron chi connectivity index (χ1n) is 3.22. The van der Waals surface area contributed by atoms with Gasteiger partial charge in [0.05, 0.1) is 19.7 Å². The summed E-state index contributed by atoms with van der Waals surface area (Å²) >= 11 is 0. The molecule has 1 aliphatic heterocycles. The molecular formula is C7H7NO4. The highest BCUT2D eigenvalue weighted by Gasteiger charge is 2.23. The molecule has 1 rings (SSSR count). The van der Waals surface area contributed by atoms with Crippen LogP contribution in [0, 0.1) is 0 Å². The number of carbonyl (C=O) groups excluding carboxylic acids is 1. The molecule has 12 heavy (non-hydrogen) atoms. The van der Waals surface area contributed by atoms with Crippen LogP contribution in [-0.4, -0.2) is 29.7 Å². The lowest BCUT2D eigenvalue weighted by atomic mass is 10.1. The van der Waals surface area contributed by atoms with E-state index in [1.54, 1.807) is 0 Å². The SMILES string of the molecule is COC1=CN=C(C(=O)O)C(=O)C1. The molecule has 0 aliphatic carbocycles. The maximum atomic E-state index is 11.0. The first-order valence-corrected chi connectivity index (χ1v) is 3.22. The van der Waals surface area contributed by atoms with Crippen molar-refractivity contribution in [2.24, 2.45) is 4.99 Å². The van der Waals surface area contributed by atoms with Gasteiger partial charge in [-0.25, -0.2) is 9.79 Å². The molecule has 5 nitrogen and oxygen atoms in total. The largest absolute Gasteiger partial charge is 0.499 e. The number of aliphatic imine (C=N–C) groups is 1. The van der Waals surface area contributed by atoms with E-state index in [0.717, 1.165) is 0 Å². The van der Waals surface area contributed by atoms with E-state index in [4.69, 9.17) is 9.84 Å². The third-order valence-electron chi connectivity index (χ3n) is 1.40. The molecule has 0 aromatic carbocycles. The lowest BCUT2D eigenvalue weighted by Gasteiger charge is -2.08. The second-order valence-electron chi connectivity index (χ2n) is 2.18. The molecule has 0 aromatic heterocycles. The number of carbonyl (C=O) groups is 2. The highest BCUT2D eigenvalue weighted by Crippen LogP contribution is 2.09. The fourth-order valence-electron chi connectivity index (χ4n) is 0.796. The Labute approximate surface area is 68.4 Å². The normalized spacial score (nSPS) is 16.6. The van der Waals surface area contributed by atoms with Crippen LogP contribution < -0.4 is 0 Å². The van der Waals surface area contributed by atoms with Gasteiger partial charge in [0, 0.05) is 0 Å². The zero-order valence-electron chi connectivity index (χ0n) is 6.40. The molecule has 0 fully saturated rings. The number of ether oxygens (including phenoxy) is 1. The Morgan fingerprint density at radius 3 is 2.83 bits per heavy atom. The number of carboxylic acids is 1. The first kappa shape index (κ1) is 8.45. The zero-order chi connectivity index (χ0) is 9.14. The monoisotopic (exact) mass is 169 g/mol. The van der Waals surface area contributed by atoms with Crippen LogP contribution in [0.15, 0.2) is 17.0 Å². The van der Waals surface area contributed by atoms with E-state index in [-0.39, 0.29) is 6.42 Å². The minimum atomic E-state index is -1.30. The number of Topliss-reactive ketones (excluding diaryl/α,β-unsaturated/α-hetero) is 1. The summed E-state index contributed by atoms with van der Waals surface area (Å²) in [4.78, 5) is 24.8. The van der Waals surface area contributed by atoms with Crippen molar-refractivity contribution in [1.29, 1.82) is 0 Å². The van der Waals surface area contributed by atoms with Gasteiger partial charge in [-0.3, -0.25) is 4.79 Å². The smallest absolute Gasteiger partial charge is 0.358 e. The summed E-state index contributed by atoms with van der Waals surface area (Å²) in [6.45, 7) is 0. The van der Waals surface area contributed by atoms with E-state index in [1.165, 1.54) is 13.3 Å². The van der Waals surface area contributed by atoms with Crippen molar-refractivity contribution in [3.05, 3.63) is 12.0 Å². The highest BCUT2D eigenvalue weighted by molar-refractivity contribution is 6.64. The highest BCUT2D eigenvalue weighted by atomic mass is 16.5. The number of hydrogen-bond acceptors (Lipinski definition) is 4. The van der Waals surface area contributed by atoms with Gasteiger partial charge >= 0.3 is 5.97 Å². The Kier molecular flexibility index (Phi) is 2.23. The summed E-state index contributed by atoms with van der Waals surface area (Å²) in [6, 6.07) is 0. The number of ketones is 1. The molecule has 0 atom stereocenters. The van der Waals surface area contributed by atoms with Crippen molar-refractivity contribution in [3.8, 4) is 0 Å². The number of nitrogens with zero attached hydrogens (tertiary/aromatic N) is 1. The van der Waals surface area contributed by atoms with Crippen LogP contribution in [0.2, 0.25) is 0 Å². The maximum Gasteiger partial charge on any atom is 0.358 e. The lowest BCUT2D eigenvalue weighted by Crippen LogP contribution is -2.26. The summed E-state index contributed by atoms with van der Waals surface area (Å²) in [6.07, 6.45) is 1.21. The first-order chi connectivity index (χ1) is 5.65. The zero-order valence-corrected chi connectivity index (χ0v) is 6.40. The number of methoxy groups -OCH3 is 1. The molecule has 1 aliphatic rings. The Morgan fingerprint density at radius 1 is 1.75 bits per heavy atom. The Bertz CT molecular complexity index is 290.